The number of amides is 2. The second-order valence-electron chi connectivity index (χ2n) is 8.07. The van der Waals surface area contributed by atoms with Crippen molar-refractivity contribution < 1.29 is 14.0 Å². The fourth-order valence-electron chi connectivity index (χ4n) is 4.38. The summed E-state index contributed by atoms with van der Waals surface area (Å²) in [4.78, 5) is 29.2. The Morgan fingerprint density at radius 2 is 1.86 bits per heavy atom. The monoisotopic (exact) mass is 395 g/mol. The van der Waals surface area contributed by atoms with Crippen LogP contribution in [-0.4, -0.2) is 53.5 Å². The fraction of sp³-hybridized carbons (Fsp3) is 0.391. The predicted octanol–water partition coefficient (Wildman–Crippen LogP) is 2.74. The van der Waals surface area contributed by atoms with Crippen LogP contribution in [0, 0.1) is 12.7 Å². The van der Waals surface area contributed by atoms with Crippen LogP contribution in [0.1, 0.15) is 34.3 Å². The van der Waals surface area contributed by atoms with Crippen LogP contribution in [0.3, 0.4) is 0 Å². The van der Waals surface area contributed by atoms with Crippen molar-refractivity contribution in [3.8, 4) is 0 Å². The lowest BCUT2D eigenvalue weighted by atomic mass is 9.95. The minimum atomic E-state index is -0.425. The molecule has 2 aromatic rings. The normalized spacial score (nSPS) is 21.1. The maximum Gasteiger partial charge on any atom is 0.253 e. The van der Waals surface area contributed by atoms with Crippen LogP contribution in [0.15, 0.2) is 48.5 Å². The summed E-state index contributed by atoms with van der Waals surface area (Å²) in [5, 5.41) is 3.55. The molecule has 0 bridgehead atoms. The number of carbonyl (C=O) groups is 2. The molecule has 1 N–H and O–H groups in total. The molecule has 6 heteroatoms. The molecule has 2 amide bonds. The van der Waals surface area contributed by atoms with E-state index in [2.05, 4.69) is 5.32 Å². The van der Waals surface area contributed by atoms with Crippen molar-refractivity contribution in [1.29, 1.82) is 0 Å². The summed E-state index contributed by atoms with van der Waals surface area (Å²) < 4.78 is 13.8. The summed E-state index contributed by atoms with van der Waals surface area (Å²) in [6, 6.07) is 14.3. The molecule has 152 valence electrons. The molecule has 0 saturated carbocycles. The lowest BCUT2D eigenvalue weighted by Gasteiger charge is -2.43. The van der Waals surface area contributed by atoms with Crippen molar-refractivity contribution in [1.82, 2.24) is 15.1 Å². The Balaban J connectivity index is 1.43. The zero-order valence-electron chi connectivity index (χ0n) is 16.8. The summed E-state index contributed by atoms with van der Waals surface area (Å²) in [6.07, 6.45) is 1.96. The third-order valence-electron chi connectivity index (χ3n) is 6.29. The van der Waals surface area contributed by atoms with Crippen LogP contribution in [0.25, 0.3) is 0 Å². The summed E-state index contributed by atoms with van der Waals surface area (Å²) >= 11 is 0. The van der Waals surface area contributed by atoms with Crippen molar-refractivity contribution >= 4 is 11.8 Å². The summed E-state index contributed by atoms with van der Waals surface area (Å²) in [7, 11) is 1.84. The highest BCUT2D eigenvalue weighted by Crippen LogP contribution is 2.32. The highest BCUT2D eigenvalue weighted by molar-refractivity contribution is 5.94. The van der Waals surface area contributed by atoms with E-state index < -0.39 is 5.66 Å². The minimum absolute atomic E-state index is 0.0919. The maximum absolute atomic E-state index is 13.8. The van der Waals surface area contributed by atoms with Crippen molar-refractivity contribution in [2.75, 3.05) is 20.1 Å². The number of likely N-dealkylation sites (N-methyl/N-ethyl adjacent to an activating group) is 1. The zero-order valence-corrected chi connectivity index (χ0v) is 16.8. The van der Waals surface area contributed by atoms with E-state index in [1.165, 1.54) is 6.07 Å². The van der Waals surface area contributed by atoms with Crippen molar-refractivity contribution in [3.63, 3.8) is 0 Å². The Kier molecular flexibility index (Phi) is 5.13. The molecular formula is C23H26FN3O2. The third-order valence-corrected chi connectivity index (χ3v) is 6.29. The van der Waals surface area contributed by atoms with Crippen molar-refractivity contribution in [2.45, 2.75) is 37.9 Å². The Morgan fingerprint density at radius 3 is 2.52 bits per heavy atom. The Bertz CT molecular complexity index is 923. The van der Waals surface area contributed by atoms with Gasteiger partial charge in [0.05, 0.1) is 11.7 Å². The van der Waals surface area contributed by atoms with Gasteiger partial charge in [0.25, 0.3) is 5.91 Å². The lowest BCUT2D eigenvalue weighted by Crippen LogP contribution is -2.58. The minimum Gasteiger partial charge on any atom is -0.338 e. The molecular weight excluding hydrogens is 369 g/mol. The van der Waals surface area contributed by atoms with Gasteiger partial charge in [-0.25, -0.2) is 4.39 Å². The molecule has 0 aliphatic carbocycles. The number of hydrogen-bond donors (Lipinski definition) is 1. The highest BCUT2D eigenvalue weighted by atomic mass is 19.1. The maximum atomic E-state index is 13.8. The van der Waals surface area contributed by atoms with E-state index >= 15 is 0 Å². The second-order valence-corrected chi connectivity index (χ2v) is 8.07. The predicted molar refractivity (Wildman–Crippen MR) is 109 cm³/mol. The molecule has 4 rings (SSSR count). The molecule has 0 radical (unpaired) electrons. The summed E-state index contributed by atoms with van der Waals surface area (Å²) in [6.45, 7) is 2.73. The molecule has 2 aliphatic heterocycles. The molecule has 5 nitrogen and oxygen atoms in total. The third kappa shape index (κ3) is 3.65. The van der Waals surface area contributed by atoms with Crippen LogP contribution in [0.2, 0.25) is 0 Å². The van der Waals surface area contributed by atoms with E-state index in [1.807, 2.05) is 42.3 Å². The number of nitrogens with zero attached hydrogens (tertiary/aromatic N) is 2. The van der Waals surface area contributed by atoms with Gasteiger partial charge in [0.1, 0.15) is 5.82 Å². The fourth-order valence-corrected chi connectivity index (χ4v) is 4.38. The van der Waals surface area contributed by atoms with Crippen molar-refractivity contribution in [2.24, 2.45) is 0 Å². The van der Waals surface area contributed by atoms with E-state index in [0.29, 0.717) is 43.5 Å². The van der Waals surface area contributed by atoms with Crippen LogP contribution in [0.5, 0.6) is 0 Å². The summed E-state index contributed by atoms with van der Waals surface area (Å²) in [5.74, 6) is -0.434. The van der Waals surface area contributed by atoms with Crippen molar-refractivity contribution in [3.05, 3.63) is 71.0 Å². The molecule has 0 aromatic heterocycles. The summed E-state index contributed by atoms with van der Waals surface area (Å²) in [5.41, 5.74) is 1.60. The molecule has 2 aromatic carbocycles. The quantitative estimate of drug-likeness (QED) is 0.870. The van der Waals surface area contributed by atoms with Crippen LogP contribution in [-0.2, 0) is 11.2 Å². The largest absolute Gasteiger partial charge is 0.338 e. The molecule has 2 aliphatic rings. The highest BCUT2D eigenvalue weighted by Gasteiger charge is 2.50. The number of nitrogens with one attached hydrogen (secondary N) is 1. The van der Waals surface area contributed by atoms with Gasteiger partial charge in [0, 0.05) is 38.5 Å². The Labute approximate surface area is 170 Å². The topological polar surface area (TPSA) is 52.7 Å². The number of hydrogen-bond acceptors (Lipinski definition) is 3. The van der Waals surface area contributed by atoms with Gasteiger partial charge in [-0.15, -0.1) is 0 Å². The average Bonchev–Trinajstić information content (AvgIpc) is 2.95. The van der Waals surface area contributed by atoms with Gasteiger partial charge in [-0.1, -0.05) is 36.4 Å². The smallest absolute Gasteiger partial charge is 0.253 e. The van der Waals surface area contributed by atoms with Gasteiger partial charge in [0.2, 0.25) is 5.91 Å². The standard InChI is InChI=1S/C23H26FN3O2/c1-16-8-9-18(15-19(16)24)21(28)27-12-10-23(11-13-27)25-20(22(29)26(23)2)14-17-6-4-3-5-7-17/h3-9,15,20,25H,10-14H2,1-2H3. The molecule has 2 fully saturated rings. The van der Waals surface area contributed by atoms with Gasteiger partial charge in [-0.05, 0) is 36.6 Å². The molecule has 1 atom stereocenters. The van der Waals surface area contributed by atoms with Crippen LogP contribution >= 0.6 is 0 Å². The van der Waals surface area contributed by atoms with E-state index in [4.69, 9.17) is 0 Å². The molecule has 2 heterocycles. The van der Waals surface area contributed by atoms with Gasteiger partial charge in [-0.3, -0.25) is 14.9 Å². The zero-order chi connectivity index (χ0) is 20.6. The first-order valence-electron chi connectivity index (χ1n) is 10.0. The average molecular weight is 395 g/mol. The first kappa shape index (κ1) is 19.6. The second kappa shape index (κ2) is 7.59. The van der Waals surface area contributed by atoms with E-state index in [0.717, 1.165) is 5.56 Å². The SMILES string of the molecule is Cc1ccc(C(=O)N2CCC3(CC2)NC(Cc2ccccc2)C(=O)N3C)cc1F. The van der Waals surface area contributed by atoms with E-state index in [-0.39, 0.29) is 23.7 Å². The number of carbonyl (C=O) groups excluding carboxylic acids is 2. The number of piperidine rings is 1. The van der Waals surface area contributed by atoms with Gasteiger partial charge >= 0.3 is 0 Å². The van der Waals surface area contributed by atoms with Gasteiger partial charge in [-0.2, -0.15) is 0 Å². The van der Waals surface area contributed by atoms with E-state index in [1.54, 1.807) is 24.0 Å². The molecule has 1 unspecified atom stereocenters. The first-order valence-corrected chi connectivity index (χ1v) is 10.0. The molecule has 2 saturated heterocycles. The molecule has 29 heavy (non-hydrogen) atoms. The Morgan fingerprint density at radius 1 is 1.17 bits per heavy atom. The van der Waals surface area contributed by atoms with Gasteiger partial charge in [0.15, 0.2) is 0 Å². The number of halogens is 1. The number of rotatable bonds is 3. The van der Waals surface area contributed by atoms with Crippen LogP contribution in [0.4, 0.5) is 4.39 Å². The van der Waals surface area contributed by atoms with E-state index in [9.17, 15) is 14.0 Å². The lowest BCUT2D eigenvalue weighted by molar-refractivity contribution is -0.131. The number of benzene rings is 2. The first-order chi connectivity index (χ1) is 13.9. The number of aryl methyl sites for hydroxylation is 1. The Hall–Kier alpha value is -2.73. The van der Waals surface area contributed by atoms with Gasteiger partial charge < -0.3 is 9.80 Å². The molecule has 1 spiro atoms. The number of likely N-dealkylation sites (tertiary alicyclic amines) is 1. The van der Waals surface area contributed by atoms with Crippen LogP contribution < -0.4 is 5.32 Å².